The first-order chi connectivity index (χ1) is 13.9. The van der Waals surface area contributed by atoms with Crippen LogP contribution in [0.15, 0.2) is 24.3 Å². The van der Waals surface area contributed by atoms with Crippen molar-refractivity contribution in [2.45, 2.75) is 45.6 Å². The third-order valence-electron chi connectivity index (χ3n) is 5.08. The zero-order valence-corrected chi connectivity index (χ0v) is 16.5. The van der Waals surface area contributed by atoms with Crippen molar-refractivity contribution >= 4 is 22.6 Å². The molecule has 8 heteroatoms. The molecule has 0 saturated heterocycles. The molecule has 1 saturated carbocycles. The van der Waals surface area contributed by atoms with Crippen molar-refractivity contribution in [2.24, 2.45) is 0 Å². The Morgan fingerprint density at radius 2 is 2.07 bits per heavy atom. The van der Waals surface area contributed by atoms with Crippen molar-refractivity contribution in [3.05, 3.63) is 46.8 Å². The van der Waals surface area contributed by atoms with Gasteiger partial charge in [-0.25, -0.2) is 18.4 Å². The number of nitrogens with one attached hydrogen (secondary N) is 1. The van der Waals surface area contributed by atoms with E-state index in [1.54, 1.807) is 13.0 Å². The fourth-order valence-electron chi connectivity index (χ4n) is 3.52. The lowest BCUT2D eigenvalue weighted by atomic mass is 10.1. The number of amides is 1. The van der Waals surface area contributed by atoms with Gasteiger partial charge in [0.2, 0.25) is 5.91 Å². The van der Waals surface area contributed by atoms with Crippen molar-refractivity contribution in [2.75, 3.05) is 12.4 Å². The van der Waals surface area contributed by atoms with Crippen LogP contribution < -0.4 is 10.1 Å². The van der Waals surface area contributed by atoms with Crippen LogP contribution in [0.25, 0.3) is 11.0 Å². The molecule has 0 unspecified atom stereocenters. The van der Waals surface area contributed by atoms with Crippen molar-refractivity contribution in [1.82, 2.24) is 14.8 Å². The first kappa shape index (κ1) is 19.3. The van der Waals surface area contributed by atoms with E-state index in [0.717, 1.165) is 18.4 Å². The van der Waals surface area contributed by atoms with Gasteiger partial charge in [-0.3, -0.25) is 4.79 Å². The third-order valence-corrected chi connectivity index (χ3v) is 5.08. The second-order valence-electron chi connectivity index (χ2n) is 7.40. The number of methoxy groups -OCH3 is 1. The van der Waals surface area contributed by atoms with Gasteiger partial charge in [0, 0.05) is 17.2 Å². The Balaban J connectivity index is 1.68. The molecule has 1 N–H and O–H groups in total. The third kappa shape index (κ3) is 3.79. The maximum absolute atomic E-state index is 13.7. The minimum Gasteiger partial charge on any atom is -0.495 e. The average molecular weight is 400 g/mol. The summed E-state index contributed by atoms with van der Waals surface area (Å²) in [5.74, 6) is 0.418. The number of halogens is 2. The summed E-state index contributed by atoms with van der Waals surface area (Å²) in [6.07, 6.45) is -0.733. The Hall–Kier alpha value is -3.03. The molecule has 1 amide bonds. The van der Waals surface area contributed by atoms with E-state index < -0.39 is 6.43 Å². The standard InChI is InChI=1S/C21H22F2N4O2/c1-11-4-7-17(29-3)16(8-11)24-18(28)10-27-21-19(12(2)26-27)14(20(22)23)9-15(25-21)13-5-6-13/h4,7-9,13,20H,5-6,10H2,1-3H3,(H,24,28). The predicted molar refractivity (Wildman–Crippen MR) is 106 cm³/mol. The fourth-order valence-corrected chi connectivity index (χ4v) is 3.52. The zero-order chi connectivity index (χ0) is 20.7. The van der Waals surface area contributed by atoms with Crippen LogP contribution in [0.2, 0.25) is 0 Å². The summed E-state index contributed by atoms with van der Waals surface area (Å²) in [5, 5.41) is 7.46. The second kappa shape index (κ2) is 7.42. The monoisotopic (exact) mass is 400 g/mol. The van der Waals surface area contributed by atoms with E-state index in [2.05, 4.69) is 15.4 Å². The van der Waals surface area contributed by atoms with E-state index >= 15 is 0 Å². The van der Waals surface area contributed by atoms with Gasteiger partial charge in [-0.05, 0) is 50.5 Å². The van der Waals surface area contributed by atoms with Gasteiger partial charge in [0.15, 0.2) is 5.65 Å². The maximum atomic E-state index is 13.7. The molecule has 4 rings (SSSR count). The minimum atomic E-state index is -2.63. The molecule has 6 nitrogen and oxygen atoms in total. The van der Waals surface area contributed by atoms with Crippen LogP contribution in [0.4, 0.5) is 14.5 Å². The Morgan fingerprint density at radius 1 is 1.31 bits per heavy atom. The summed E-state index contributed by atoms with van der Waals surface area (Å²) in [6, 6.07) is 6.95. The normalized spacial score (nSPS) is 13.9. The number of pyridine rings is 1. The van der Waals surface area contributed by atoms with E-state index in [-0.39, 0.29) is 23.9 Å². The van der Waals surface area contributed by atoms with Crippen molar-refractivity contribution < 1.29 is 18.3 Å². The highest BCUT2D eigenvalue weighted by Crippen LogP contribution is 2.41. The van der Waals surface area contributed by atoms with Crippen LogP contribution in [0.3, 0.4) is 0 Å². The van der Waals surface area contributed by atoms with E-state index in [0.29, 0.717) is 33.9 Å². The highest BCUT2D eigenvalue weighted by atomic mass is 19.3. The number of nitrogens with zero attached hydrogens (tertiary/aromatic N) is 3. The number of hydrogen-bond acceptors (Lipinski definition) is 4. The van der Waals surface area contributed by atoms with E-state index in [1.807, 2.05) is 19.1 Å². The van der Waals surface area contributed by atoms with Gasteiger partial charge in [0.1, 0.15) is 12.3 Å². The van der Waals surface area contributed by atoms with Crippen LogP contribution >= 0.6 is 0 Å². The van der Waals surface area contributed by atoms with Gasteiger partial charge in [-0.2, -0.15) is 5.10 Å². The smallest absolute Gasteiger partial charge is 0.264 e. The molecule has 1 fully saturated rings. The van der Waals surface area contributed by atoms with Crippen LogP contribution in [0.1, 0.15) is 47.7 Å². The Kier molecular flexibility index (Phi) is 4.94. The summed E-state index contributed by atoms with van der Waals surface area (Å²) in [7, 11) is 1.53. The number of carbonyl (C=O) groups excluding carboxylic acids is 1. The fraction of sp³-hybridized carbons (Fsp3) is 0.381. The number of hydrogen-bond donors (Lipinski definition) is 1. The molecule has 1 aliphatic rings. The lowest BCUT2D eigenvalue weighted by Gasteiger charge is -2.11. The molecule has 0 spiro atoms. The molecular formula is C21H22F2N4O2. The summed E-state index contributed by atoms with van der Waals surface area (Å²) >= 11 is 0. The average Bonchev–Trinajstić information content (AvgIpc) is 3.47. The lowest BCUT2D eigenvalue weighted by molar-refractivity contribution is -0.116. The highest BCUT2D eigenvalue weighted by molar-refractivity contribution is 5.93. The van der Waals surface area contributed by atoms with Crippen LogP contribution in [0.5, 0.6) is 5.75 Å². The number of ether oxygens (including phenoxy) is 1. The number of anilines is 1. The van der Waals surface area contributed by atoms with Gasteiger partial charge >= 0.3 is 0 Å². The number of alkyl halides is 2. The SMILES string of the molecule is COc1ccc(C)cc1NC(=O)Cn1nc(C)c2c(C(F)F)cc(C3CC3)nc21. The first-order valence-corrected chi connectivity index (χ1v) is 9.48. The number of aryl methyl sites for hydroxylation is 2. The van der Waals surface area contributed by atoms with Crippen molar-refractivity contribution in [3.8, 4) is 5.75 Å². The molecular weight excluding hydrogens is 378 g/mol. The largest absolute Gasteiger partial charge is 0.495 e. The zero-order valence-electron chi connectivity index (χ0n) is 16.5. The van der Waals surface area contributed by atoms with Gasteiger partial charge in [-0.15, -0.1) is 0 Å². The maximum Gasteiger partial charge on any atom is 0.264 e. The van der Waals surface area contributed by atoms with Gasteiger partial charge in [0.05, 0.1) is 23.9 Å². The summed E-state index contributed by atoms with van der Waals surface area (Å²) in [4.78, 5) is 17.2. The molecule has 1 aromatic carbocycles. The Bertz CT molecular complexity index is 1090. The highest BCUT2D eigenvalue weighted by Gasteiger charge is 2.29. The summed E-state index contributed by atoms with van der Waals surface area (Å²) in [6.45, 7) is 3.44. The molecule has 2 heterocycles. The summed E-state index contributed by atoms with van der Waals surface area (Å²) < 4.78 is 34.0. The molecule has 0 aliphatic heterocycles. The van der Waals surface area contributed by atoms with Gasteiger partial charge in [0.25, 0.3) is 6.43 Å². The second-order valence-corrected chi connectivity index (χ2v) is 7.40. The molecule has 0 radical (unpaired) electrons. The lowest BCUT2D eigenvalue weighted by Crippen LogP contribution is -2.20. The minimum absolute atomic E-state index is 0.0681. The molecule has 0 bridgehead atoms. The van der Waals surface area contributed by atoms with Crippen LogP contribution in [-0.4, -0.2) is 27.8 Å². The number of aromatic nitrogens is 3. The first-order valence-electron chi connectivity index (χ1n) is 9.48. The van der Waals surface area contributed by atoms with Crippen LogP contribution in [-0.2, 0) is 11.3 Å². The topological polar surface area (TPSA) is 69.0 Å². The van der Waals surface area contributed by atoms with Crippen molar-refractivity contribution in [1.29, 1.82) is 0 Å². The summed E-state index contributed by atoms with van der Waals surface area (Å²) in [5.41, 5.74) is 2.86. The molecule has 1 aliphatic carbocycles. The molecule has 0 atom stereocenters. The molecule has 29 heavy (non-hydrogen) atoms. The van der Waals surface area contributed by atoms with Crippen LogP contribution in [0, 0.1) is 13.8 Å². The molecule has 2 aromatic heterocycles. The van der Waals surface area contributed by atoms with E-state index in [9.17, 15) is 13.6 Å². The van der Waals surface area contributed by atoms with E-state index in [4.69, 9.17) is 4.74 Å². The molecule has 3 aromatic rings. The Labute approximate surface area is 166 Å². The molecule has 152 valence electrons. The van der Waals surface area contributed by atoms with Crippen molar-refractivity contribution in [3.63, 3.8) is 0 Å². The predicted octanol–water partition coefficient (Wildman–Crippen LogP) is 4.51. The number of fused-ring (bicyclic) bond motifs is 1. The number of rotatable bonds is 6. The van der Waals surface area contributed by atoms with E-state index in [1.165, 1.54) is 17.9 Å². The quantitative estimate of drug-likeness (QED) is 0.661. The number of carbonyl (C=O) groups is 1. The van der Waals surface area contributed by atoms with Gasteiger partial charge in [-0.1, -0.05) is 6.07 Å². The van der Waals surface area contributed by atoms with Gasteiger partial charge < -0.3 is 10.1 Å². The number of benzene rings is 1. The Morgan fingerprint density at radius 3 is 2.72 bits per heavy atom.